The summed E-state index contributed by atoms with van der Waals surface area (Å²) in [6.07, 6.45) is 3.88. The van der Waals surface area contributed by atoms with Crippen molar-refractivity contribution in [2.24, 2.45) is 5.73 Å². The molecule has 1 aromatic heterocycles. The summed E-state index contributed by atoms with van der Waals surface area (Å²) in [7, 11) is 0. The van der Waals surface area contributed by atoms with E-state index in [-0.39, 0.29) is 6.04 Å². The SMILES string of the molecule is CC1CCCC(C)N1CC(N)c1cc2ccccc2o1. The molecule has 3 nitrogen and oxygen atoms in total. The lowest BCUT2D eigenvalue weighted by atomic mass is 9.96. The third-order valence-electron chi connectivity index (χ3n) is 4.59. The Morgan fingerprint density at radius 3 is 2.65 bits per heavy atom. The first-order chi connectivity index (χ1) is 9.65. The average molecular weight is 272 g/mol. The van der Waals surface area contributed by atoms with Gasteiger partial charge in [0.05, 0.1) is 6.04 Å². The molecule has 1 aliphatic rings. The molecular formula is C17H24N2O. The van der Waals surface area contributed by atoms with Crippen molar-refractivity contribution in [1.82, 2.24) is 4.90 Å². The molecule has 3 atom stereocenters. The van der Waals surface area contributed by atoms with Gasteiger partial charge in [-0.3, -0.25) is 4.90 Å². The van der Waals surface area contributed by atoms with Crippen molar-refractivity contribution >= 4 is 11.0 Å². The highest BCUT2D eigenvalue weighted by molar-refractivity contribution is 5.77. The number of fused-ring (bicyclic) bond motifs is 1. The number of hydrogen-bond acceptors (Lipinski definition) is 3. The quantitative estimate of drug-likeness (QED) is 0.926. The second-order valence-electron chi connectivity index (χ2n) is 6.12. The number of furan rings is 1. The third-order valence-corrected chi connectivity index (χ3v) is 4.59. The highest BCUT2D eigenvalue weighted by Gasteiger charge is 2.27. The number of hydrogen-bond donors (Lipinski definition) is 1. The van der Waals surface area contributed by atoms with E-state index in [0.717, 1.165) is 23.3 Å². The van der Waals surface area contributed by atoms with Crippen molar-refractivity contribution in [3.05, 3.63) is 36.1 Å². The molecule has 2 heterocycles. The van der Waals surface area contributed by atoms with Crippen LogP contribution in [0.25, 0.3) is 11.0 Å². The summed E-state index contributed by atoms with van der Waals surface area (Å²) < 4.78 is 5.89. The van der Waals surface area contributed by atoms with E-state index in [1.807, 2.05) is 18.2 Å². The van der Waals surface area contributed by atoms with Gasteiger partial charge in [-0.1, -0.05) is 24.6 Å². The Morgan fingerprint density at radius 2 is 1.95 bits per heavy atom. The topological polar surface area (TPSA) is 42.4 Å². The largest absolute Gasteiger partial charge is 0.459 e. The Bertz CT molecular complexity index is 534. The predicted octanol–water partition coefficient (Wildman–Crippen LogP) is 3.70. The van der Waals surface area contributed by atoms with Crippen molar-refractivity contribution in [3.63, 3.8) is 0 Å². The highest BCUT2D eigenvalue weighted by atomic mass is 16.3. The maximum Gasteiger partial charge on any atom is 0.134 e. The zero-order valence-corrected chi connectivity index (χ0v) is 12.4. The number of likely N-dealkylation sites (tertiary alicyclic amines) is 1. The van der Waals surface area contributed by atoms with E-state index in [1.165, 1.54) is 19.3 Å². The molecule has 3 unspecified atom stereocenters. The minimum Gasteiger partial charge on any atom is -0.459 e. The molecule has 3 heteroatoms. The van der Waals surface area contributed by atoms with Crippen LogP contribution in [0.15, 0.2) is 34.7 Å². The Balaban J connectivity index is 1.76. The fraction of sp³-hybridized carbons (Fsp3) is 0.529. The second-order valence-corrected chi connectivity index (χ2v) is 6.12. The lowest BCUT2D eigenvalue weighted by Gasteiger charge is -2.40. The molecule has 1 fully saturated rings. The smallest absolute Gasteiger partial charge is 0.134 e. The third kappa shape index (κ3) is 2.60. The van der Waals surface area contributed by atoms with Gasteiger partial charge in [-0.25, -0.2) is 0 Å². The predicted molar refractivity (Wildman–Crippen MR) is 82.6 cm³/mol. The summed E-state index contributed by atoms with van der Waals surface area (Å²) in [5.74, 6) is 0.899. The van der Waals surface area contributed by atoms with E-state index in [4.69, 9.17) is 10.2 Å². The van der Waals surface area contributed by atoms with Crippen molar-refractivity contribution in [2.75, 3.05) is 6.54 Å². The van der Waals surface area contributed by atoms with Gasteiger partial charge >= 0.3 is 0 Å². The first-order valence-electron chi connectivity index (χ1n) is 7.65. The van der Waals surface area contributed by atoms with Gasteiger partial charge in [0.25, 0.3) is 0 Å². The van der Waals surface area contributed by atoms with Gasteiger partial charge in [0.15, 0.2) is 0 Å². The zero-order valence-electron chi connectivity index (χ0n) is 12.4. The van der Waals surface area contributed by atoms with Crippen LogP contribution in [0.3, 0.4) is 0 Å². The van der Waals surface area contributed by atoms with Gasteiger partial charge < -0.3 is 10.2 Å². The first-order valence-corrected chi connectivity index (χ1v) is 7.65. The molecule has 1 aliphatic heterocycles. The maximum absolute atomic E-state index is 6.38. The molecule has 0 amide bonds. The fourth-order valence-electron chi connectivity index (χ4n) is 3.34. The summed E-state index contributed by atoms with van der Waals surface area (Å²) in [5.41, 5.74) is 7.31. The molecule has 1 saturated heterocycles. The molecule has 0 spiro atoms. The van der Waals surface area contributed by atoms with Gasteiger partial charge in [-0.2, -0.15) is 0 Å². The van der Waals surface area contributed by atoms with Crippen molar-refractivity contribution < 1.29 is 4.42 Å². The molecule has 3 rings (SSSR count). The number of para-hydroxylation sites is 1. The van der Waals surface area contributed by atoms with Crippen LogP contribution in [-0.4, -0.2) is 23.5 Å². The average Bonchev–Trinajstić information content (AvgIpc) is 2.87. The van der Waals surface area contributed by atoms with E-state index < -0.39 is 0 Å². The van der Waals surface area contributed by atoms with Crippen LogP contribution in [0, 0.1) is 0 Å². The Hall–Kier alpha value is -1.32. The van der Waals surface area contributed by atoms with E-state index in [1.54, 1.807) is 0 Å². The van der Waals surface area contributed by atoms with Crippen LogP contribution < -0.4 is 5.73 Å². The van der Waals surface area contributed by atoms with E-state index >= 15 is 0 Å². The first kappa shape index (κ1) is 13.7. The molecule has 0 saturated carbocycles. The molecule has 2 aromatic rings. The molecule has 0 radical (unpaired) electrons. The van der Waals surface area contributed by atoms with Crippen molar-refractivity contribution in [2.45, 2.75) is 51.2 Å². The molecular weight excluding hydrogens is 248 g/mol. The van der Waals surface area contributed by atoms with Crippen LogP contribution in [0.4, 0.5) is 0 Å². The van der Waals surface area contributed by atoms with Crippen LogP contribution in [-0.2, 0) is 0 Å². The summed E-state index contributed by atoms with van der Waals surface area (Å²) in [5, 5.41) is 1.14. The number of benzene rings is 1. The molecule has 20 heavy (non-hydrogen) atoms. The number of piperidine rings is 1. The van der Waals surface area contributed by atoms with Crippen molar-refractivity contribution in [3.8, 4) is 0 Å². The van der Waals surface area contributed by atoms with Gasteiger partial charge in [0.2, 0.25) is 0 Å². The lowest BCUT2D eigenvalue weighted by molar-refractivity contribution is 0.0936. The van der Waals surface area contributed by atoms with Crippen LogP contribution in [0.2, 0.25) is 0 Å². The number of nitrogens with two attached hydrogens (primary N) is 1. The van der Waals surface area contributed by atoms with Crippen LogP contribution in [0.5, 0.6) is 0 Å². The Kier molecular flexibility index (Phi) is 3.81. The Labute approximate surface area is 120 Å². The van der Waals surface area contributed by atoms with E-state index in [2.05, 4.69) is 30.9 Å². The van der Waals surface area contributed by atoms with Gasteiger partial charge in [0, 0.05) is 24.0 Å². The molecule has 108 valence electrons. The summed E-state index contributed by atoms with van der Waals surface area (Å²) >= 11 is 0. The zero-order chi connectivity index (χ0) is 14.1. The van der Waals surface area contributed by atoms with Crippen LogP contribution in [0.1, 0.15) is 44.9 Å². The molecule has 1 aromatic carbocycles. The number of rotatable bonds is 3. The van der Waals surface area contributed by atoms with Gasteiger partial charge in [-0.15, -0.1) is 0 Å². The van der Waals surface area contributed by atoms with Gasteiger partial charge in [-0.05, 0) is 38.8 Å². The normalized spacial score (nSPS) is 25.9. The summed E-state index contributed by atoms with van der Waals surface area (Å²) in [6.45, 7) is 5.49. The highest BCUT2D eigenvalue weighted by Crippen LogP contribution is 2.27. The minimum absolute atomic E-state index is 0.0506. The Morgan fingerprint density at radius 1 is 1.25 bits per heavy atom. The maximum atomic E-state index is 6.38. The van der Waals surface area contributed by atoms with Crippen molar-refractivity contribution in [1.29, 1.82) is 0 Å². The second kappa shape index (κ2) is 5.58. The standard InChI is InChI=1S/C17H24N2O/c1-12-6-5-7-13(2)19(12)11-15(18)17-10-14-8-3-4-9-16(14)20-17/h3-4,8-10,12-13,15H,5-7,11,18H2,1-2H3. The monoisotopic (exact) mass is 272 g/mol. The van der Waals surface area contributed by atoms with Crippen LogP contribution >= 0.6 is 0 Å². The number of nitrogens with zero attached hydrogens (tertiary/aromatic N) is 1. The minimum atomic E-state index is -0.0506. The molecule has 2 N–H and O–H groups in total. The van der Waals surface area contributed by atoms with E-state index in [0.29, 0.717) is 12.1 Å². The van der Waals surface area contributed by atoms with Gasteiger partial charge in [0.1, 0.15) is 11.3 Å². The summed E-state index contributed by atoms with van der Waals surface area (Å²) in [4.78, 5) is 2.53. The summed E-state index contributed by atoms with van der Waals surface area (Å²) in [6, 6.07) is 11.4. The lowest BCUT2D eigenvalue weighted by Crippen LogP contribution is -2.46. The molecule has 0 aliphatic carbocycles. The molecule has 0 bridgehead atoms. The van der Waals surface area contributed by atoms with E-state index in [9.17, 15) is 0 Å². The fourth-order valence-corrected chi connectivity index (χ4v) is 3.34.